The highest BCUT2D eigenvalue weighted by molar-refractivity contribution is 14.1. The lowest BCUT2D eigenvalue weighted by Crippen LogP contribution is -1.86. The summed E-state index contributed by atoms with van der Waals surface area (Å²) in [6, 6.07) is 12.0. The van der Waals surface area contributed by atoms with Gasteiger partial charge in [0.05, 0.1) is 11.2 Å². The van der Waals surface area contributed by atoms with Gasteiger partial charge in [-0.25, -0.2) is 4.98 Å². The summed E-state index contributed by atoms with van der Waals surface area (Å²) in [7, 11) is 0. The molecule has 0 saturated heterocycles. The Labute approximate surface area is 126 Å². The van der Waals surface area contributed by atoms with Crippen molar-refractivity contribution in [2.45, 2.75) is 0 Å². The van der Waals surface area contributed by atoms with E-state index in [2.05, 4.69) is 54.6 Å². The maximum absolute atomic E-state index is 5.97. The first-order chi connectivity index (χ1) is 8.65. The lowest BCUT2D eigenvalue weighted by Gasteiger charge is -1.98. The molecule has 0 aliphatic heterocycles. The second-order valence-corrected chi connectivity index (χ2v) is 6.03. The molecule has 2 aromatic carbocycles. The number of fused-ring (bicyclic) bond motifs is 1. The zero-order valence-corrected chi connectivity index (χ0v) is 13.0. The number of hydrogen-bond acceptors (Lipinski definition) is 2. The van der Waals surface area contributed by atoms with Crippen molar-refractivity contribution in [1.29, 1.82) is 0 Å². The molecule has 3 nitrogen and oxygen atoms in total. The largest absolute Gasteiger partial charge is 0.397 e. The first kappa shape index (κ1) is 12.0. The van der Waals surface area contributed by atoms with Gasteiger partial charge < -0.3 is 10.7 Å². The van der Waals surface area contributed by atoms with Gasteiger partial charge in [0.25, 0.3) is 0 Å². The highest BCUT2D eigenvalue weighted by Crippen LogP contribution is 2.29. The van der Waals surface area contributed by atoms with Gasteiger partial charge in [0.2, 0.25) is 0 Å². The van der Waals surface area contributed by atoms with Crippen molar-refractivity contribution in [3.05, 3.63) is 44.4 Å². The van der Waals surface area contributed by atoms with Crippen LogP contribution in [0.25, 0.3) is 22.4 Å². The van der Waals surface area contributed by atoms with E-state index in [1.165, 1.54) is 0 Å². The van der Waals surface area contributed by atoms with E-state index < -0.39 is 0 Å². The summed E-state index contributed by atoms with van der Waals surface area (Å²) in [4.78, 5) is 7.89. The molecular weight excluding hydrogens is 405 g/mol. The average molecular weight is 414 g/mol. The van der Waals surface area contributed by atoms with Gasteiger partial charge in [-0.2, -0.15) is 0 Å². The summed E-state index contributed by atoms with van der Waals surface area (Å²) in [5, 5.41) is 0. The molecule has 3 aromatic rings. The second-order valence-electron chi connectivity index (χ2n) is 3.96. The Morgan fingerprint density at radius 3 is 2.78 bits per heavy atom. The van der Waals surface area contributed by atoms with E-state index in [9.17, 15) is 0 Å². The molecule has 90 valence electrons. The zero-order valence-electron chi connectivity index (χ0n) is 9.24. The average Bonchev–Trinajstić information content (AvgIpc) is 2.73. The van der Waals surface area contributed by atoms with Gasteiger partial charge in [0.1, 0.15) is 11.3 Å². The molecule has 1 aromatic heterocycles. The Morgan fingerprint density at radius 1 is 1.22 bits per heavy atom. The molecular formula is C13H9BrIN3. The Bertz CT molecular complexity index is 736. The molecule has 0 atom stereocenters. The first-order valence-corrected chi connectivity index (χ1v) is 7.22. The molecule has 0 aliphatic rings. The van der Waals surface area contributed by atoms with Crippen molar-refractivity contribution in [3.63, 3.8) is 0 Å². The van der Waals surface area contributed by atoms with Crippen LogP contribution in [0.4, 0.5) is 5.69 Å². The van der Waals surface area contributed by atoms with Crippen LogP contribution in [0.5, 0.6) is 0 Å². The molecule has 3 rings (SSSR count). The number of nitrogens with one attached hydrogen (secondary N) is 1. The molecule has 0 saturated carbocycles. The molecule has 0 radical (unpaired) electrons. The number of nitrogens with two attached hydrogens (primary N) is 1. The number of rotatable bonds is 1. The van der Waals surface area contributed by atoms with Crippen molar-refractivity contribution in [2.75, 3.05) is 5.73 Å². The summed E-state index contributed by atoms with van der Waals surface area (Å²) in [6.45, 7) is 0. The minimum Gasteiger partial charge on any atom is -0.397 e. The third kappa shape index (κ3) is 2.01. The Hall–Kier alpha value is -1.08. The second kappa shape index (κ2) is 4.55. The molecule has 0 unspecified atom stereocenters. The van der Waals surface area contributed by atoms with Gasteiger partial charge in [-0.15, -0.1) is 0 Å². The summed E-state index contributed by atoms with van der Waals surface area (Å²) in [5.74, 6) is 0.847. The maximum atomic E-state index is 5.97. The predicted octanol–water partition coefficient (Wildman–Crippen LogP) is 4.18. The summed E-state index contributed by atoms with van der Waals surface area (Å²) < 4.78 is 2.11. The van der Waals surface area contributed by atoms with Crippen molar-refractivity contribution < 1.29 is 0 Å². The Balaban J connectivity index is 2.26. The molecule has 0 bridgehead atoms. The number of aromatic amines is 1. The quantitative estimate of drug-likeness (QED) is 0.464. The summed E-state index contributed by atoms with van der Waals surface area (Å²) in [5.41, 5.74) is 9.49. The van der Waals surface area contributed by atoms with E-state index >= 15 is 0 Å². The monoisotopic (exact) mass is 413 g/mol. The summed E-state index contributed by atoms with van der Waals surface area (Å²) >= 11 is 5.74. The van der Waals surface area contributed by atoms with E-state index in [-0.39, 0.29) is 0 Å². The van der Waals surface area contributed by atoms with Gasteiger partial charge in [-0.3, -0.25) is 0 Å². The number of aromatic nitrogens is 2. The van der Waals surface area contributed by atoms with Crippen LogP contribution in [0.3, 0.4) is 0 Å². The van der Waals surface area contributed by atoms with Crippen molar-refractivity contribution in [3.8, 4) is 11.4 Å². The number of nitrogens with zero attached hydrogens (tertiary/aromatic N) is 1. The van der Waals surface area contributed by atoms with Crippen LogP contribution in [0.2, 0.25) is 0 Å². The minimum atomic E-state index is 0.674. The summed E-state index contributed by atoms with van der Waals surface area (Å²) in [6.07, 6.45) is 0. The van der Waals surface area contributed by atoms with E-state index in [4.69, 9.17) is 5.73 Å². The lowest BCUT2D eigenvalue weighted by molar-refractivity contribution is 1.33. The fourth-order valence-electron chi connectivity index (χ4n) is 1.89. The van der Waals surface area contributed by atoms with Crippen LogP contribution in [0, 0.1) is 3.57 Å². The fourth-order valence-corrected chi connectivity index (χ4v) is 3.01. The van der Waals surface area contributed by atoms with Gasteiger partial charge >= 0.3 is 0 Å². The lowest BCUT2D eigenvalue weighted by atomic mass is 10.2. The van der Waals surface area contributed by atoms with Crippen LogP contribution in [-0.4, -0.2) is 9.97 Å². The Morgan fingerprint density at radius 2 is 2.00 bits per heavy atom. The molecule has 0 amide bonds. The van der Waals surface area contributed by atoms with Crippen LogP contribution < -0.4 is 5.73 Å². The first-order valence-electron chi connectivity index (χ1n) is 5.35. The number of nitrogen functional groups attached to an aromatic ring is 1. The van der Waals surface area contributed by atoms with Crippen LogP contribution >= 0.6 is 38.5 Å². The number of anilines is 1. The number of halogens is 2. The van der Waals surface area contributed by atoms with Crippen LogP contribution in [0.1, 0.15) is 0 Å². The highest BCUT2D eigenvalue weighted by atomic mass is 127. The zero-order chi connectivity index (χ0) is 12.7. The number of H-pyrrole nitrogens is 1. The van der Waals surface area contributed by atoms with Crippen molar-refractivity contribution >= 4 is 55.2 Å². The van der Waals surface area contributed by atoms with Gasteiger partial charge in [0.15, 0.2) is 0 Å². The van der Waals surface area contributed by atoms with Gasteiger partial charge in [-0.1, -0.05) is 34.1 Å². The third-order valence-electron chi connectivity index (χ3n) is 2.71. The maximum Gasteiger partial charge on any atom is 0.139 e. The van der Waals surface area contributed by atoms with Gasteiger partial charge in [-0.05, 0) is 40.8 Å². The molecule has 0 spiro atoms. The van der Waals surface area contributed by atoms with Crippen molar-refractivity contribution in [2.24, 2.45) is 0 Å². The van der Waals surface area contributed by atoms with Crippen molar-refractivity contribution in [1.82, 2.24) is 9.97 Å². The standard InChI is InChI=1S/C13H9BrIN3/c14-7-5-10(16)12-11(6-7)17-13(18-12)8-3-1-2-4-9(8)15/h1-6H,16H2,(H,17,18). The fraction of sp³-hybridized carbons (Fsp3) is 0. The number of benzene rings is 2. The molecule has 0 aliphatic carbocycles. The van der Waals surface area contributed by atoms with E-state index in [0.717, 1.165) is 30.5 Å². The number of hydrogen-bond donors (Lipinski definition) is 2. The Kier molecular flexibility index (Phi) is 3.03. The molecule has 0 fully saturated rings. The molecule has 1 heterocycles. The SMILES string of the molecule is Nc1cc(Br)cc2[nH]c(-c3ccccc3I)nc12. The smallest absolute Gasteiger partial charge is 0.139 e. The predicted molar refractivity (Wildman–Crippen MR) is 86.4 cm³/mol. The highest BCUT2D eigenvalue weighted by Gasteiger charge is 2.10. The third-order valence-corrected chi connectivity index (χ3v) is 4.11. The van der Waals surface area contributed by atoms with Crippen LogP contribution in [0.15, 0.2) is 40.9 Å². The van der Waals surface area contributed by atoms with Crippen LogP contribution in [-0.2, 0) is 0 Å². The molecule has 18 heavy (non-hydrogen) atoms. The van der Waals surface area contributed by atoms with E-state index in [0.29, 0.717) is 5.69 Å². The van der Waals surface area contributed by atoms with E-state index in [1.54, 1.807) is 0 Å². The minimum absolute atomic E-state index is 0.674. The normalized spacial score (nSPS) is 11.0. The topological polar surface area (TPSA) is 54.7 Å². The molecule has 3 N–H and O–H groups in total. The van der Waals surface area contributed by atoms with Gasteiger partial charge in [0, 0.05) is 13.6 Å². The molecule has 5 heteroatoms. The van der Waals surface area contributed by atoms with E-state index in [1.807, 2.05) is 30.3 Å². The number of imidazole rings is 1.